The van der Waals surface area contributed by atoms with Crippen LogP contribution in [0.3, 0.4) is 0 Å². The molecule has 94 valence electrons. The molecule has 1 rings (SSSR count). The molecule has 0 saturated carbocycles. The summed E-state index contributed by atoms with van der Waals surface area (Å²) in [5.74, 6) is -0.558. The van der Waals surface area contributed by atoms with Gasteiger partial charge in [-0.2, -0.15) is 0 Å². The Balaban J connectivity index is 2.44. The summed E-state index contributed by atoms with van der Waals surface area (Å²) in [6.45, 7) is 4.36. The van der Waals surface area contributed by atoms with E-state index in [0.29, 0.717) is 22.5 Å². The molecule has 0 saturated heterocycles. The molecule has 4 heteroatoms. The predicted octanol–water partition coefficient (Wildman–Crippen LogP) is 3.43. The topological polar surface area (TPSA) is 29.1 Å². The molecule has 1 atom stereocenters. The van der Waals surface area contributed by atoms with E-state index in [1.165, 1.54) is 6.07 Å². The lowest BCUT2D eigenvalue weighted by Crippen LogP contribution is -2.24. The van der Waals surface area contributed by atoms with Gasteiger partial charge in [-0.1, -0.05) is 28.9 Å². The first-order valence-corrected chi connectivity index (χ1v) is 6.60. The molecule has 2 nitrogen and oxygen atoms in total. The van der Waals surface area contributed by atoms with E-state index < -0.39 is 0 Å². The Labute approximate surface area is 110 Å². The first kappa shape index (κ1) is 14.2. The van der Waals surface area contributed by atoms with Gasteiger partial charge in [0.2, 0.25) is 0 Å². The molecule has 1 aromatic carbocycles. The van der Waals surface area contributed by atoms with Gasteiger partial charge in [-0.3, -0.25) is 4.79 Å². The van der Waals surface area contributed by atoms with Gasteiger partial charge in [0.05, 0.1) is 0 Å². The van der Waals surface area contributed by atoms with Crippen molar-refractivity contribution in [2.75, 3.05) is 6.54 Å². The molecule has 1 unspecified atom stereocenters. The average molecular weight is 302 g/mol. The lowest BCUT2D eigenvalue weighted by atomic mass is 10.1. The number of aryl methyl sites for hydroxylation is 1. The van der Waals surface area contributed by atoms with Crippen LogP contribution in [0.15, 0.2) is 18.2 Å². The summed E-state index contributed by atoms with van der Waals surface area (Å²) in [6.07, 6.45) is 1.91. The molecule has 1 aromatic rings. The standard InChI is InChI=1S/C13H17BrFNO/c1-9-5-6-11(8-12(9)15)13(17)16-7-3-4-10(2)14/h5-6,8,10H,3-4,7H2,1-2H3,(H,16,17). The van der Waals surface area contributed by atoms with Gasteiger partial charge in [0.15, 0.2) is 0 Å². The van der Waals surface area contributed by atoms with Crippen LogP contribution in [-0.4, -0.2) is 17.3 Å². The van der Waals surface area contributed by atoms with E-state index in [2.05, 4.69) is 28.2 Å². The smallest absolute Gasteiger partial charge is 0.251 e. The molecule has 0 aliphatic carbocycles. The van der Waals surface area contributed by atoms with Crippen molar-refractivity contribution in [1.29, 1.82) is 0 Å². The molecule has 0 aromatic heterocycles. The number of nitrogens with one attached hydrogen (secondary N) is 1. The van der Waals surface area contributed by atoms with Crippen LogP contribution in [0.4, 0.5) is 4.39 Å². The van der Waals surface area contributed by atoms with Crippen molar-refractivity contribution in [2.24, 2.45) is 0 Å². The van der Waals surface area contributed by atoms with Gasteiger partial charge in [0.25, 0.3) is 5.91 Å². The molecule has 0 heterocycles. The third-order valence-corrected chi connectivity index (χ3v) is 2.96. The van der Waals surface area contributed by atoms with Crippen LogP contribution in [0.1, 0.15) is 35.7 Å². The minimum absolute atomic E-state index is 0.217. The quantitative estimate of drug-likeness (QED) is 0.655. The highest BCUT2D eigenvalue weighted by atomic mass is 79.9. The molecular formula is C13H17BrFNO. The van der Waals surface area contributed by atoms with Crippen LogP contribution < -0.4 is 5.32 Å². The van der Waals surface area contributed by atoms with Crippen LogP contribution in [-0.2, 0) is 0 Å². The molecule has 0 fully saturated rings. The van der Waals surface area contributed by atoms with E-state index in [4.69, 9.17) is 0 Å². The Kier molecular flexibility index (Phi) is 5.62. The number of benzene rings is 1. The second-order valence-electron chi connectivity index (χ2n) is 4.14. The monoisotopic (exact) mass is 301 g/mol. The number of amides is 1. The number of hydrogen-bond acceptors (Lipinski definition) is 1. The molecule has 0 bridgehead atoms. The van der Waals surface area contributed by atoms with Crippen molar-refractivity contribution >= 4 is 21.8 Å². The van der Waals surface area contributed by atoms with Crippen molar-refractivity contribution in [3.8, 4) is 0 Å². The van der Waals surface area contributed by atoms with E-state index >= 15 is 0 Å². The molecule has 0 spiro atoms. The summed E-state index contributed by atoms with van der Waals surface area (Å²) in [7, 11) is 0. The van der Waals surface area contributed by atoms with Crippen LogP contribution in [0.2, 0.25) is 0 Å². The fraction of sp³-hybridized carbons (Fsp3) is 0.462. The highest BCUT2D eigenvalue weighted by Crippen LogP contribution is 2.09. The van der Waals surface area contributed by atoms with Crippen molar-refractivity contribution in [1.82, 2.24) is 5.32 Å². The summed E-state index contributed by atoms with van der Waals surface area (Å²) >= 11 is 3.44. The highest BCUT2D eigenvalue weighted by molar-refractivity contribution is 9.09. The lowest BCUT2D eigenvalue weighted by Gasteiger charge is -2.07. The van der Waals surface area contributed by atoms with E-state index in [1.54, 1.807) is 19.1 Å². The third kappa shape index (κ3) is 4.86. The summed E-state index contributed by atoms with van der Waals surface area (Å²) in [4.78, 5) is 12.1. The maximum atomic E-state index is 13.2. The normalized spacial score (nSPS) is 12.2. The molecule has 0 aliphatic heterocycles. The van der Waals surface area contributed by atoms with E-state index in [-0.39, 0.29) is 11.7 Å². The number of rotatable bonds is 5. The maximum absolute atomic E-state index is 13.2. The SMILES string of the molecule is Cc1ccc(C(=O)NCCCC(C)Br)cc1F. The predicted molar refractivity (Wildman–Crippen MR) is 71.1 cm³/mol. The first-order chi connectivity index (χ1) is 8.00. The Morgan fingerprint density at radius 1 is 1.53 bits per heavy atom. The zero-order valence-corrected chi connectivity index (χ0v) is 11.7. The molecule has 1 N–H and O–H groups in total. The summed E-state index contributed by atoms with van der Waals surface area (Å²) in [6, 6.07) is 4.53. The van der Waals surface area contributed by atoms with Gasteiger partial charge in [-0.25, -0.2) is 4.39 Å². The van der Waals surface area contributed by atoms with Crippen LogP contribution >= 0.6 is 15.9 Å². The van der Waals surface area contributed by atoms with Gasteiger partial charge >= 0.3 is 0 Å². The summed E-state index contributed by atoms with van der Waals surface area (Å²) < 4.78 is 13.2. The van der Waals surface area contributed by atoms with Gasteiger partial charge in [-0.05, 0) is 37.5 Å². The largest absolute Gasteiger partial charge is 0.352 e. The van der Waals surface area contributed by atoms with Crippen LogP contribution in [0.25, 0.3) is 0 Å². The van der Waals surface area contributed by atoms with Crippen molar-refractivity contribution in [3.63, 3.8) is 0 Å². The summed E-state index contributed by atoms with van der Waals surface area (Å²) in [5.41, 5.74) is 0.926. The average Bonchev–Trinajstić information content (AvgIpc) is 2.27. The van der Waals surface area contributed by atoms with E-state index in [9.17, 15) is 9.18 Å². The number of halogens is 2. The lowest BCUT2D eigenvalue weighted by molar-refractivity contribution is 0.0952. The zero-order chi connectivity index (χ0) is 12.8. The van der Waals surface area contributed by atoms with E-state index in [0.717, 1.165) is 12.8 Å². The second-order valence-corrected chi connectivity index (χ2v) is 5.71. The third-order valence-electron chi connectivity index (χ3n) is 2.50. The highest BCUT2D eigenvalue weighted by Gasteiger charge is 2.07. The van der Waals surface area contributed by atoms with Gasteiger partial charge in [-0.15, -0.1) is 0 Å². The number of alkyl halides is 1. The fourth-order valence-electron chi connectivity index (χ4n) is 1.42. The molecule has 17 heavy (non-hydrogen) atoms. The maximum Gasteiger partial charge on any atom is 0.251 e. The van der Waals surface area contributed by atoms with Crippen LogP contribution in [0, 0.1) is 12.7 Å². The van der Waals surface area contributed by atoms with Crippen molar-refractivity contribution in [2.45, 2.75) is 31.5 Å². The number of carbonyl (C=O) groups is 1. The van der Waals surface area contributed by atoms with Crippen molar-refractivity contribution < 1.29 is 9.18 Å². The van der Waals surface area contributed by atoms with Gasteiger partial charge in [0.1, 0.15) is 5.82 Å². The first-order valence-electron chi connectivity index (χ1n) is 5.69. The van der Waals surface area contributed by atoms with Crippen molar-refractivity contribution in [3.05, 3.63) is 35.1 Å². The fourth-order valence-corrected chi connectivity index (χ4v) is 1.75. The van der Waals surface area contributed by atoms with E-state index in [1.807, 2.05) is 0 Å². The number of carbonyl (C=O) groups excluding carboxylic acids is 1. The Morgan fingerprint density at radius 3 is 2.82 bits per heavy atom. The molecule has 0 aliphatic rings. The second kappa shape index (κ2) is 6.74. The summed E-state index contributed by atoms with van der Waals surface area (Å²) in [5, 5.41) is 2.77. The molecule has 0 radical (unpaired) electrons. The minimum atomic E-state index is -0.341. The van der Waals surface area contributed by atoms with Gasteiger partial charge in [0, 0.05) is 16.9 Å². The molecular weight excluding hydrogens is 285 g/mol. The van der Waals surface area contributed by atoms with Gasteiger partial charge < -0.3 is 5.32 Å². The molecule has 1 amide bonds. The Hall–Kier alpha value is -0.900. The van der Waals surface area contributed by atoms with Crippen LogP contribution in [0.5, 0.6) is 0 Å². The zero-order valence-electron chi connectivity index (χ0n) is 10.1. The number of hydrogen-bond donors (Lipinski definition) is 1. The minimum Gasteiger partial charge on any atom is -0.352 e. The Bertz CT molecular complexity index is 393. The Morgan fingerprint density at radius 2 is 2.24 bits per heavy atom.